The highest BCUT2D eigenvalue weighted by Crippen LogP contribution is 2.18. The fourth-order valence-corrected chi connectivity index (χ4v) is 2.63. The molecule has 0 saturated carbocycles. The third-order valence-corrected chi connectivity index (χ3v) is 4.19. The minimum Gasteiger partial charge on any atom is -0.497 e. The van der Waals surface area contributed by atoms with Crippen LogP contribution in [-0.4, -0.2) is 31.5 Å². The van der Waals surface area contributed by atoms with Crippen LogP contribution in [0.15, 0.2) is 41.8 Å². The molecule has 0 fully saturated rings. The summed E-state index contributed by atoms with van der Waals surface area (Å²) in [6.45, 7) is 2.84. The maximum atomic E-state index is 9.95. The second-order valence-electron chi connectivity index (χ2n) is 4.79. The summed E-state index contributed by atoms with van der Waals surface area (Å²) >= 11 is 1.71. The van der Waals surface area contributed by atoms with E-state index in [1.165, 1.54) is 4.88 Å². The molecule has 2 aromatic rings. The van der Waals surface area contributed by atoms with Crippen LogP contribution < -0.4 is 14.8 Å². The van der Waals surface area contributed by atoms with Crippen molar-refractivity contribution >= 4 is 11.3 Å². The van der Waals surface area contributed by atoms with Crippen LogP contribution in [0.25, 0.3) is 0 Å². The highest BCUT2D eigenvalue weighted by atomic mass is 32.1. The van der Waals surface area contributed by atoms with Crippen molar-refractivity contribution in [2.75, 3.05) is 20.3 Å². The van der Waals surface area contributed by atoms with Gasteiger partial charge < -0.3 is 19.9 Å². The Morgan fingerprint density at radius 3 is 2.52 bits per heavy atom. The number of benzene rings is 1. The molecule has 0 spiro atoms. The smallest absolute Gasteiger partial charge is 0.119 e. The van der Waals surface area contributed by atoms with Gasteiger partial charge in [0.2, 0.25) is 0 Å². The largest absolute Gasteiger partial charge is 0.497 e. The molecule has 114 valence electrons. The summed E-state index contributed by atoms with van der Waals surface area (Å²) in [7, 11) is 1.63. The zero-order chi connectivity index (χ0) is 15.1. The summed E-state index contributed by atoms with van der Waals surface area (Å²) in [6.07, 6.45) is -0.547. The van der Waals surface area contributed by atoms with Crippen molar-refractivity contribution in [3.63, 3.8) is 0 Å². The maximum absolute atomic E-state index is 9.95. The molecular formula is C16H21NO3S. The molecule has 1 aromatic heterocycles. The van der Waals surface area contributed by atoms with Gasteiger partial charge in [0.1, 0.15) is 24.2 Å². The predicted octanol–water partition coefficient (Wildman–Crippen LogP) is 2.85. The average molecular weight is 307 g/mol. The van der Waals surface area contributed by atoms with E-state index in [2.05, 4.69) is 23.7 Å². The summed E-state index contributed by atoms with van der Waals surface area (Å²) in [5, 5.41) is 15.3. The van der Waals surface area contributed by atoms with E-state index >= 15 is 0 Å². The first kappa shape index (κ1) is 15.8. The highest BCUT2D eigenvalue weighted by molar-refractivity contribution is 7.10. The minimum atomic E-state index is -0.547. The van der Waals surface area contributed by atoms with Gasteiger partial charge in [-0.25, -0.2) is 0 Å². The SMILES string of the molecule is COc1ccc(OCC(O)CN[C@@H](C)c2cccs2)cc1. The van der Waals surface area contributed by atoms with Crippen LogP contribution in [0.3, 0.4) is 0 Å². The monoisotopic (exact) mass is 307 g/mol. The molecular weight excluding hydrogens is 286 g/mol. The Balaban J connectivity index is 1.70. The molecule has 1 unspecified atom stereocenters. The number of methoxy groups -OCH3 is 1. The van der Waals surface area contributed by atoms with Crippen LogP contribution in [0.2, 0.25) is 0 Å². The first-order valence-electron chi connectivity index (χ1n) is 6.90. The van der Waals surface area contributed by atoms with Crippen LogP contribution in [0.5, 0.6) is 11.5 Å². The number of thiophene rings is 1. The Labute approximate surface area is 129 Å². The summed E-state index contributed by atoms with van der Waals surface area (Å²) in [5.74, 6) is 1.51. The molecule has 0 saturated heterocycles. The van der Waals surface area contributed by atoms with Crippen molar-refractivity contribution in [2.45, 2.75) is 19.1 Å². The molecule has 2 N–H and O–H groups in total. The van der Waals surface area contributed by atoms with Crippen LogP contribution in [0, 0.1) is 0 Å². The zero-order valence-electron chi connectivity index (χ0n) is 12.3. The standard InChI is InChI=1S/C16H21NO3S/c1-12(16-4-3-9-21-16)17-10-13(18)11-20-15-7-5-14(19-2)6-8-15/h3-9,12-13,17-18H,10-11H2,1-2H3/t12-,13?/m0/s1. The number of nitrogens with one attached hydrogen (secondary N) is 1. The molecule has 0 aliphatic rings. The molecule has 0 amide bonds. The zero-order valence-corrected chi connectivity index (χ0v) is 13.1. The second-order valence-corrected chi connectivity index (χ2v) is 5.76. The Morgan fingerprint density at radius 1 is 1.19 bits per heavy atom. The van der Waals surface area contributed by atoms with Gasteiger partial charge in [-0.1, -0.05) is 6.07 Å². The Hall–Kier alpha value is -1.56. The van der Waals surface area contributed by atoms with E-state index in [0.29, 0.717) is 6.54 Å². The van der Waals surface area contributed by atoms with E-state index in [4.69, 9.17) is 9.47 Å². The van der Waals surface area contributed by atoms with Gasteiger partial charge in [0.25, 0.3) is 0 Å². The quantitative estimate of drug-likeness (QED) is 0.787. The van der Waals surface area contributed by atoms with Crippen molar-refractivity contribution in [2.24, 2.45) is 0 Å². The van der Waals surface area contributed by atoms with Gasteiger partial charge in [0.05, 0.1) is 7.11 Å². The molecule has 0 bridgehead atoms. The molecule has 21 heavy (non-hydrogen) atoms. The molecule has 2 atom stereocenters. The number of rotatable bonds is 8. The van der Waals surface area contributed by atoms with Crippen molar-refractivity contribution in [3.8, 4) is 11.5 Å². The molecule has 0 radical (unpaired) electrons. The molecule has 5 heteroatoms. The van der Waals surface area contributed by atoms with Crippen molar-refractivity contribution in [3.05, 3.63) is 46.7 Å². The van der Waals surface area contributed by atoms with Gasteiger partial charge in [0.15, 0.2) is 0 Å². The summed E-state index contributed by atoms with van der Waals surface area (Å²) in [5.41, 5.74) is 0. The van der Waals surface area contributed by atoms with Gasteiger partial charge in [0, 0.05) is 17.5 Å². The van der Waals surface area contributed by atoms with Gasteiger partial charge in [-0.05, 0) is 42.6 Å². The Morgan fingerprint density at radius 2 is 1.90 bits per heavy atom. The van der Waals surface area contributed by atoms with E-state index in [9.17, 15) is 5.11 Å². The lowest BCUT2D eigenvalue weighted by molar-refractivity contribution is 0.104. The van der Waals surface area contributed by atoms with Crippen LogP contribution >= 0.6 is 11.3 Å². The van der Waals surface area contributed by atoms with Crippen molar-refractivity contribution < 1.29 is 14.6 Å². The lowest BCUT2D eigenvalue weighted by atomic mass is 10.2. The second kappa shape index (κ2) is 8.02. The molecule has 1 aromatic carbocycles. The van der Waals surface area contributed by atoms with E-state index in [-0.39, 0.29) is 12.6 Å². The number of hydrogen-bond donors (Lipinski definition) is 2. The number of ether oxygens (including phenoxy) is 2. The van der Waals surface area contributed by atoms with Crippen LogP contribution in [-0.2, 0) is 0 Å². The molecule has 0 aliphatic heterocycles. The fourth-order valence-electron chi connectivity index (χ4n) is 1.87. The first-order chi connectivity index (χ1) is 10.2. The average Bonchev–Trinajstić information content (AvgIpc) is 3.05. The van der Waals surface area contributed by atoms with Gasteiger partial charge in [-0.2, -0.15) is 0 Å². The summed E-state index contributed by atoms with van der Waals surface area (Å²) in [6, 6.07) is 11.7. The summed E-state index contributed by atoms with van der Waals surface area (Å²) in [4.78, 5) is 1.26. The third-order valence-electron chi connectivity index (χ3n) is 3.13. The number of aliphatic hydroxyl groups excluding tert-OH is 1. The topological polar surface area (TPSA) is 50.7 Å². The predicted molar refractivity (Wildman–Crippen MR) is 85.2 cm³/mol. The maximum Gasteiger partial charge on any atom is 0.119 e. The minimum absolute atomic E-state index is 0.237. The van der Waals surface area contributed by atoms with E-state index in [0.717, 1.165) is 11.5 Å². The van der Waals surface area contributed by atoms with Crippen molar-refractivity contribution in [1.82, 2.24) is 5.32 Å². The first-order valence-corrected chi connectivity index (χ1v) is 7.78. The lowest BCUT2D eigenvalue weighted by Gasteiger charge is -2.17. The van der Waals surface area contributed by atoms with Gasteiger partial charge in [-0.15, -0.1) is 11.3 Å². The molecule has 0 aliphatic carbocycles. The lowest BCUT2D eigenvalue weighted by Crippen LogP contribution is -2.32. The molecule has 1 heterocycles. The van der Waals surface area contributed by atoms with Crippen LogP contribution in [0.4, 0.5) is 0 Å². The van der Waals surface area contributed by atoms with E-state index in [1.807, 2.05) is 30.3 Å². The normalized spacial score (nSPS) is 13.7. The van der Waals surface area contributed by atoms with Crippen LogP contribution in [0.1, 0.15) is 17.8 Å². The van der Waals surface area contributed by atoms with Crippen molar-refractivity contribution in [1.29, 1.82) is 0 Å². The summed E-state index contributed by atoms with van der Waals surface area (Å²) < 4.78 is 10.6. The number of aliphatic hydroxyl groups is 1. The van der Waals surface area contributed by atoms with Gasteiger partial charge >= 0.3 is 0 Å². The van der Waals surface area contributed by atoms with Gasteiger partial charge in [-0.3, -0.25) is 0 Å². The molecule has 2 rings (SSSR count). The molecule has 4 nitrogen and oxygen atoms in total. The third kappa shape index (κ3) is 5.04. The van der Waals surface area contributed by atoms with E-state index < -0.39 is 6.10 Å². The highest BCUT2D eigenvalue weighted by Gasteiger charge is 2.10. The Kier molecular flexibility index (Phi) is 6.04. The Bertz CT molecular complexity index is 513. The van der Waals surface area contributed by atoms with E-state index in [1.54, 1.807) is 18.4 Å². The fraction of sp³-hybridized carbons (Fsp3) is 0.375. The number of hydrogen-bond acceptors (Lipinski definition) is 5.